The summed E-state index contributed by atoms with van der Waals surface area (Å²) in [6, 6.07) is 0. The van der Waals surface area contributed by atoms with Gasteiger partial charge >= 0.3 is 11.9 Å². The molecule has 0 unspecified atom stereocenters. The molecule has 0 rings (SSSR count). The van der Waals surface area contributed by atoms with Crippen molar-refractivity contribution >= 4 is 11.9 Å². The van der Waals surface area contributed by atoms with Gasteiger partial charge in [0.15, 0.2) is 6.10 Å². The van der Waals surface area contributed by atoms with Crippen molar-refractivity contribution in [1.29, 1.82) is 0 Å². The Hall–Kier alpha value is -0.677. The van der Waals surface area contributed by atoms with Crippen LogP contribution in [0.15, 0.2) is 0 Å². The van der Waals surface area contributed by atoms with Crippen LogP contribution < -0.4 is 5.73 Å². The Labute approximate surface area is 120 Å². The van der Waals surface area contributed by atoms with Gasteiger partial charge in [0, 0.05) is 19.5 Å². The third-order valence-corrected chi connectivity index (χ3v) is 1.68. The number of nitrogens with two attached hydrogens (primary N) is 1. The fourth-order valence-corrected chi connectivity index (χ4v) is 0.668. The summed E-state index contributed by atoms with van der Waals surface area (Å²) in [5.41, 5.74) is 4.57. The third-order valence-electron chi connectivity index (χ3n) is 1.68. The van der Waals surface area contributed by atoms with Crippen molar-refractivity contribution in [2.45, 2.75) is 24.4 Å². The molecule has 0 aromatic heterocycles. The van der Waals surface area contributed by atoms with E-state index in [1.807, 2.05) is 0 Å². The molecule has 0 bridgehead atoms. The first kappa shape index (κ1) is 23.4. The molecule has 4 atom stereocenters. The molecule has 11 heteroatoms. The Morgan fingerprint density at radius 2 is 1.37 bits per heavy atom. The van der Waals surface area contributed by atoms with Crippen molar-refractivity contribution in [3.8, 4) is 0 Å². The van der Waals surface area contributed by atoms with Gasteiger partial charge in [-0.25, -0.2) is 4.79 Å². The first-order chi connectivity index (χ1) is 8.18. The second-order valence-electron chi connectivity index (χ2n) is 3.11. The number of carboxylic acids is 2. The molecule has 19 heavy (non-hydrogen) atoms. The van der Waals surface area contributed by atoms with E-state index in [0.29, 0.717) is 0 Å². The van der Waals surface area contributed by atoms with Crippen LogP contribution in [-0.4, -0.2) is 85.3 Å². The van der Waals surface area contributed by atoms with E-state index >= 15 is 0 Å². The maximum atomic E-state index is 10.1. The smallest absolute Gasteiger partial charge is 0.335 e. The summed E-state index contributed by atoms with van der Waals surface area (Å²) in [5, 5.41) is 59.4. The molecule has 10 nitrogen and oxygen atoms in total. The fourth-order valence-electron chi connectivity index (χ4n) is 0.668. The maximum Gasteiger partial charge on any atom is 0.335 e. The van der Waals surface area contributed by atoms with E-state index in [1.54, 1.807) is 0 Å². The molecule has 0 spiro atoms. The average molecular weight is 337 g/mol. The molecule has 0 saturated carbocycles. The first-order valence-corrected chi connectivity index (χ1v) is 4.66. The van der Waals surface area contributed by atoms with Gasteiger partial charge in [0.1, 0.15) is 18.3 Å². The van der Waals surface area contributed by atoms with E-state index < -0.39 is 43.0 Å². The molecule has 0 heterocycles. The molecule has 110 valence electrons. The van der Waals surface area contributed by atoms with Gasteiger partial charge in [-0.2, -0.15) is 0 Å². The number of hydrogen-bond acceptors (Lipinski definition) is 8. The predicted octanol–water partition coefficient (Wildman–Crippen LogP) is -4.47. The topological polar surface area (TPSA) is 202 Å². The summed E-state index contributed by atoms with van der Waals surface area (Å²) < 4.78 is 0. The van der Waals surface area contributed by atoms with Crippen LogP contribution in [-0.2, 0) is 29.1 Å². The number of aliphatic hydroxyl groups excluding tert-OH is 5. The summed E-state index contributed by atoms with van der Waals surface area (Å²) in [7, 11) is 0. The molecule has 0 aliphatic carbocycles. The first-order valence-electron chi connectivity index (χ1n) is 4.66. The third kappa shape index (κ3) is 10.9. The molecule has 0 aromatic carbocycles. The minimum Gasteiger partial charge on any atom is -0.480 e. The minimum absolute atomic E-state index is 0. The molecular formula is C8H17NO9Zn. The molecular weight excluding hydrogens is 319 g/mol. The van der Waals surface area contributed by atoms with Gasteiger partial charge in [0.2, 0.25) is 0 Å². The van der Waals surface area contributed by atoms with Gasteiger partial charge in [-0.05, 0) is 0 Å². The molecule has 0 radical (unpaired) electrons. The van der Waals surface area contributed by atoms with Gasteiger partial charge in [-0.15, -0.1) is 0 Å². The normalized spacial score (nSPS) is 15.9. The van der Waals surface area contributed by atoms with Gasteiger partial charge < -0.3 is 41.5 Å². The van der Waals surface area contributed by atoms with E-state index in [0.717, 1.165) is 0 Å². The minimum atomic E-state index is -2.20. The van der Waals surface area contributed by atoms with Crippen LogP contribution in [0.4, 0.5) is 0 Å². The monoisotopic (exact) mass is 335 g/mol. The van der Waals surface area contributed by atoms with Crippen LogP contribution >= 0.6 is 0 Å². The number of aliphatic hydroxyl groups is 5. The molecule has 0 saturated heterocycles. The molecule has 0 aliphatic heterocycles. The van der Waals surface area contributed by atoms with Crippen molar-refractivity contribution in [2.24, 2.45) is 5.73 Å². The molecule has 0 aliphatic rings. The van der Waals surface area contributed by atoms with E-state index in [-0.39, 0.29) is 26.0 Å². The van der Waals surface area contributed by atoms with E-state index in [2.05, 4.69) is 5.73 Å². The summed E-state index contributed by atoms with van der Waals surface area (Å²) in [6.07, 6.45) is -7.84. The number of carbonyl (C=O) groups is 2. The zero-order valence-electron chi connectivity index (χ0n) is 9.96. The van der Waals surface area contributed by atoms with Gasteiger partial charge in [-0.3, -0.25) is 4.79 Å². The predicted molar refractivity (Wildman–Crippen MR) is 55.4 cm³/mol. The van der Waals surface area contributed by atoms with Crippen molar-refractivity contribution in [3.63, 3.8) is 0 Å². The average Bonchev–Trinajstić information content (AvgIpc) is 2.35. The van der Waals surface area contributed by atoms with Gasteiger partial charge in [-0.1, -0.05) is 0 Å². The van der Waals surface area contributed by atoms with Crippen molar-refractivity contribution in [3.05, 3.63) is 0 Å². The Morgan fingerprint density at radius 1 is 1.00 bits per heavy atom. The SMILES string of the molecule is NCC(=O)O.O=C(O)[C@H](O)[C@@H](O)[C@H](O)[C@H](O)CO.[Zn]. The molecule has 9 N–H and O–H groups in total. The maximum absolute atomic E-state index is 10.1. The summed E-state index contributed by atoms with van der Waals surface area (Å²) in [5.74, 6) is -2.69. The molecule has 0 fully saturated rings. The summed E-state index contributed by atoms with van der Waals surface area (Å²) >= 11 is 0. The van der Waals surface area contributed by atoms with Crippen LogP contribution in [0, 0.1) is 0 Å². The second kappa shape index (κ2) is 12.4. The largest absolute Gasteiger partial charge is 0.480 e. The fraction of sp³-hybridized carbons (Fsp3) is 0.750. The van der Waals surface area contributed by atoms with Crippen LogP contribution in [0.1, 0.15) is 0 Å². The van der Waals surface area contributed by atoms with E-state index in [4.69, 9.17) is 35.7 Å². The molecule has 0 aromatic rings. The van der Waals surface area contributed by atoms with Gasteiger partial charge in [0.05, 0.1) is 13.2 Å². The Bertz CT molecular complexity index is 265. The Morgan fingerprint density at radius 3 is 1.58 bits per heavy atom. The van der Waals surface area contributed by atoms with Crippen LogP contribution in [0.25, 0.3) is 0 Å². The zero-order valence-corrected chi connectivity index (χ0v) is 12.9. The van der Waals surface area contributed by atoms with Crippen molar-refractivity contribution < 1.29 is 64.8 Å². The Balaban J connectivity index is -0.000000366. The second-order valence-corrected chi connectivity index (χ2v) is 3.11. The van der Waals surface area contributed by atoms with Crippen LogP contribution in [0.5, 0.6) is 0 Å². The van der Waals surface area contributed by atoms with Crippen LogP contribution in [0.2, 0.25) is 0 Å². The molecule has 0 amide bonds. The summed E-state index contributed by atoms with van der Waals surface area (Å²) in [6.45, 7) is -1.12. The van der Waals surface area contributed by atoms with Crippen molar-refractivity contribution in [2.75, 3.05) is 13.2 Å². The summed E-state index contributed by atoms with van der Waals surface area (Å²) in [4.78, 5) is 19.3. The van der Waals surface area contributed by atoms with Crippen molar-refractivity contribution in [1.82, 2.24) is 0 Å². The number of rotatable bonds is 6. The zero-order chi connectivity index (χ0) is 14.9. The number of aliphatic carboxylic acids is 2. The van der Waals surface area contributed by atoms with E-state index in [1.165, 1.54) is 0 Å². The quantitative estimate of drug-likeness (QED) is 0.218. The number of carboxylic acid groups (broad SMARTS) is 2. The van der Waals surface area contributed by atoms with E-state index in [9.17, 15) is 9.59 Å². The number of hydrogen-bond donors (Lipinski definition) is 8. The Kier molecular flexibility index (Phi) is 15.2. The van der Waals surface area contributed by atoms with Gasteiger partial charge in [0.25, 0.3) is 0 Å². The standard InChI is InChI=1S/C6H12O7.C2H5NO2.Zn/c7-1-2(8)3(9)4(10)5(11)6(12)13;3-1-2(4)5;/h2-5,7-11H,1H2,(H,12,13);1,3H2,(H,4,5);/t2-,3-,4+,5-;;/m1../s1. The van der Waals surface area contributed by atoms with Crippen LogP contribution in [0.3, 0.4) is 0 Å².